The van der Waals surface area contributed by atoms with Crippen LogP contribution in [0.15, 0.2) is 11.4 Å². The number of amides is 1. The minimum absolute atomic E-state index is 0.158. The van der Waals surface area contributed by atoms with E-state index in [2.05, 4.69) is 5.32 Å². The maximum atomic E-state index is 11.2. The van der Waals surface area contributed by atoms with Gasteiger partial charge in [-0.15, -0.1) is 11.3 Å². The van der Waals surface area contributed by atoms with Gasteiger partial charge in [0.05, 0.1) is 4.34 Å². The fraction of sp³-hybridized carbons (Fsp3) is 0.444. The predicted molar refractivity (Wildman–Crippen MR) is 54.1 cm³/mol. The van der Waals surface area contributed by atoms with Crippen molar-refractivity contribution in [1.82, 2.24) is 5.32 Å². The lowest BCUT2D eigenvalue weighted by Crippen LogP contribution is -2.20. The van der Waals surface area contributed by atoms with Crippen molar-refractivity contribution in [1.29, 1.82) is 0 Å². The van der Waals surface area contributed by atoms with Crippen molar-refractivity contribution in [2.24, 2.45) is 5.92 Å². The molecule has 0 aromatic carbocycles. The number of nitrogens with one attached hydrogen (secondary N) is 1. The van der Waals surface area contributed by atoms with Crippen molar-refractivity contribution in [2.45, 2.75) is 12.8 Å². The molecule has 1 unspecified atom stereocenters. The third-order valence-corrected chi connectivity index (χ3v) is 3.41. The molecule has 1 aromatic heterocycles. The molecule has 4 heteroatoms. The van der Waals surface area contributed by atoms with Gasteiger partial charge in [-0.25, -0.2) is 0 Å². The van der Waals surface area contributed by atoms with E-state index >= 15 is 0 Å². The maximum Gasteiger partial charge on any atom is 0.223 e. The number of rotatable bonds is 2. The summed E-state index contributed by atoms with van der Waals surface area (Å²) in [7, 11) is 0. The molecule has 1 fully saturated rings. The van der Waals surface area contributed by atoms with Crippen molar-refractivity contribution < 1.29 is 4.79 Å². The van der Waals surface area contributed by atoms with Gasteiger partial charge in [0.1, 0.15) is 0 Å². The fourth-order valence-electron chi connectivity index (χ4n) is 1.58. The Hall–Kier alpha value is -0.540. The Balaban J connectivity index is 2.01. The number of thiophene rings is 1. The Kier molecular flexibility index (Phi) is 2.56. The molecule has 0 bridgehead atoms. The fourth-order valence-corrected chi connectivity index (χ4v) is 2.50. The van der Waals surface area contributed by atoms with E-state index in [4.69, 9.17) is 11.6 Å². The molecule has 0 radical (unpaired) electrons. The number of halogens is 1. The lowest BCUT2D eigenvalue weighted by atomic mass is 10.0. The molecule has 1 aliphatic heterocycles. The van der Waals surface area contributed by atoms with Crippen molar-refractivity contribution in [3.05, 3.63) is 21.3 Å². The van der Waals surface area contributed by atoms with Crippen LogP contribution in [-0.2, 0) is 11.2 Å². The molecule has 0 aliphatic carbocycles. The van der Waals surface area contributed by atoms with Crippen LogP contribution in [0.5, 0.6) is 0 Å². The van der Waals surface area contributed by atoms with Gasteiger partial charge in [-0.3, -0.25) is 4.79 Å². The zero-order valence-corrected chi connectivity index (χ0v) is 8.62. The highest BCUT2D eigenvalue weighted by Gasteiger charge is 2.24. The SMILES string of the molecule is O=C1NCCC1Cc1csc(Cl)c1. The smallest absolute Gasteiger partial charge is 0.223 e. The maximum absolute atomic E-state index is 11.2. The Morgan fingerprint density at radius 2 is 2.54 bits per heavy atom. The second kappa shape index (κ2) is 3.68. The van der Waals surface area contributed by atoms with Gasteiger partial charge in [-0.2, -0.15) is 0 Å². The molecule has 1 N–H and O–H groups in total. The highest BCUT2D eigenvalue weighted by molar-refractivity contribution is 7.14. The van der Waals surface area contributed by atoms with Gasteiger partial charge in [-0.1, -0.05) is 11.6 Å². The third kappa shape index (κ3) is 2.03. The summed E-state index contributed by atoms with van der Waals surface area (Å²) < 4.78 is 0.799. The van der Waals surface area contributed by atoms with Crippen molar-refractivity contribution >= 4 is 28.8 Å². The normalized spacial score (nSPS) is 21.9. The van der Waals surface area contributed by atoms with Crippen LogP contribution in [0.25, 0.3) is 0 Å². The van der Waals surface area contributed by atoms with Gasteiger partial charge in [0.15, 0.2) is 0 Å². The van der Waals surface area contributed by atoms with Gasteiger partial charge in [0, 0.05) is 12.5 Å². The minimum Gasteiger partial charge on any atom is -0.356 e. The first-order valence-corrected chi connectivity index (χ1v) is 5.52. The molecule has 70 valence electrons. The number of hydrogen-bond donors (Lipinski definition) is 1. The number of hydrogen-bond acceptors (Lipinski definition) is 2. The lowest BCUT2D eigenvalue weighted by Gasteiger charge is -2.03. The molecule has 0 spiro atoms. The summed E-state index contributed by atoms with van der Waals surface area (Å²) >= 11 is 7.32. The van der Waals surface area contributed by atoms with Gasteiger partial charge in [-0.05, 0) is 29.9 Å². The predicted octanol–water partition coefficient (Wildman–Crippen LogP) is 2.08. The monoisotopic (exact) mass is 215 g/mol. The summed E-state index contributed by atoms with van der Waals surface area (Å²) in [5.74, 6) is 0.341. The Morgan fingerprint density at radius 1 is 1.69 bits per heavy atom. The van der Waals surface area contributed by atoms with E-state index in [1.54, 1.807) is 0 Å². The van der Waals surface area contributed by atoms with E-state index < -0.39 is 0 Å². The Bertz CT molecular complexity index is 323. The third-order valence-electron chi connectivity index (χ3n) is 2.27. The van der Waals surface area contributed by atoms with Crippen LogP contribution < -0.4 is 5.32 Å². The van der Waals surface area contributed by atoms with Gasteiger partial charge >= 0.3 is 0 Å². The summed E-state index contributed by atoms with van der Waals surface area (Å²) in [5.41, 5.74) is 1.18. The first kappa shape index (κ1) is 9.03. The molecule has 2 heterocycles. The largest absolute Gasteiger partial charge is 0.356 e. The van der Waals surface area contributed by atoms with E-state index in [-0.39, 0.29) is 11.8 Å². The Labute approximate surface area is 85.9 Å². The van der Waals surface area contributed by atoms with Crippen LogP contribution >= 0.6 is 22.9 Å². The second-order valence-corrected chi connectivity index (χ2v) is 4.78. The second-order valence-electron chi connectivity index (χ2n) is 3.24. The minimum atomic E-state index is 0.158. The van der Waals surface area contributed by atoms with Crippen molar-refractivity contribution in [3.63, 3.8) is 0 Å². The van der Waals surface area contributed by atoms with E-state index in [0.717, 1.165) is 23.7 Å². The highest BCUT2D eigenvalue weighted by Crippen LogP contribution is 2.24. The average Bonchev–Trinajstić information content (AvgIpc) is 2.64. The molecule has 0 saturated carbocycles. The first-order chi connectivity index (χ1) is 6.25. The topological polar surface area (TPSA) is 29.1 Å². The molecule has 1 aromatic rings. The van der Waals surface area contributed by atoms with Crippen LogP contribution in [0.4, 0.5) is 0 Å². The number of carbonyl (C=O) groups excluding carboxylic acids is 1. The quantitative estimate of drug-likeness (QED) is 0.804. The molecule has 2 nitrogen and oxygen atoms in total. The van der Waals surface area contributed by atoms with E-state index in [9.17, 15) is 4.79 Å². The lowest BCUT2D eigenvalue weighted by molar-refractivity contribution is -0.122. The van der Waals surface area contributed by atoms with E-state index in [1.807, 2.05) is 11.4 Å². The molecule has 1 saturated heterocycles. The highest BCUT2D eigenvalue weighted by atomic mass is 35.5. The number of carbonyl (C=O) groups is 1. The van der Waals surface area contributed by atoms with Crippen molar-refractivity contribution in [3.8, 4) is 0 Å². The molecule has 1 amide bonds. The van der Waals surface area contributed by atoms with E-state index in [0.29, 0.717) is 0 Å². The average molecular weight is 216 g/mol. The Morgan fingerprint density at radius 3 is 3.08 bits per heavy atom. The van der Waals surface area contributed by atoms with Crippen LogP contribution in [0, 0.1) is 5.92 Å². The van der Waals surface area contributed by atoms with Crippen LogP contribution in [0.1, 0.15) is 12.0 Å². The molecular weight excluding hydrogens is 206 g/mol. The van der Waals surface area contributed by atoms with Gasteiger partial charge in [0.25, 0.3) is 0 Å². The van der Waals surface area contributed by atoms with Gasteiger partial charge < -0.3 is 5.32 Å². The van der Waals surface area contributed by atoms with Crippen LogP contribution in [0.3, 0.4) is 0 Å². The summed E-state index contributed by atoms with van der Waals surface area (Å²) in [6.45, 7) is 0.821. The molecule has 13 heavy (non-hydrogen) atoms. The van der Waals surface area contributed by atoms with Gasteiger partial charge in [0.2, 0.25) is 5.91 Å². The van der Waals surface area contributed by atoms with E-state index in [1.165, 1.54) is 16.9 Å². The summed E-state index contributed by atoms with van der Waals surface area (Å²) in [5, 5.41) is 4.85. The zero-order valence-electron chi connectivity index (χ0n) is 7.05. The molecule has 1 aliphatic rings. The van der Waals surface area contributed by atoms with Crippen LogP contribution in [0.2, 0.25) is 4.34 Å². The van der Waals surface area contributed by atoms with Crippen LogP contribution in [-0.4, -0.2) is 12.5 Å². The summed E-state index contributed by atoms with van der Waals surface area (Å²) in [6.07, 6.45) is 1.78. The summed E-state index contributed by atoms with van der Waals surface area (Å²) in [4.78, 5) is 11.2. The molecule has 2 rings (SSSR count). The zero-order chi connectivity index (χ0) is 9.26. The first-order valence-electron chi connectivity index (χ1n) is 4.26. The molecule has 1 atom stereocenters. The summed E-state index contributed by atoms with van der Waals surface area (Å²) in [6, 6.07) is 1.94. The standard InChI is InChI=1S/C9H10ClNOS/c10-8-4-6(5-13-8)3-7-1-2-11-9(7)12/h4-5,7H,1-3H2,(H,11,12). The van der Waals surface area contributed by atoms with Crippen molar-refractivity contribution in [2.75, 3.05) is 6.54 Å². The molecular formula is C9H10ClNOS.